The summed E-state index contributed by atoms with van der Waals surface area (Å²) in [5.74, 6) is -1.01. The van der Waals surface area contributed by atoms with Crippen molar-refractivity contribution in [3.05, 3.63) is 59.4 Å². The molecule has 0 bridgehead atoms. The lowest BCUT2D eigenvalue weighted by Gasteiger charge is -2.19. The number of esters is 1. The van der Waals surface area contributed by atoms with E-state index in [0.29, 0.717) is 11.3 Å². The van der Waals surface area contributed by atoms with Gasteiger partial charge in [-0.05, 0) is 49.2 Å². The Morgan fingerprint density at radius 3 is 2.21 bits per heavy atom. The zero-order chi connectivity index (χ0) is 19.9. The van der Waals surface area contributed by atoms with Crippen molar-refractivity contribution in [2.24, 2.45) is 0 Å². The molecule has 0 saturated carbocycles. The molecule has 28 heavy (non-hydrogen) atoms. The van der Waals surface area contributed by atoms with Crippen LogP contribution in [0.3, 0.4) is 0 Å². The molecular formula is C21H23N3O4. The maximum absolute atomic E-state index is 12.7. The van der Waals surface area contributed by atoms with Crippen molar-refractivity contribution in [2.45, 2.75) is 25.7 Å². The number of ether oxygens (including phenoxy) is 1. The zero-order valence-corrected chi connectivity index (χ0v) is 15.8. The lowest BCUT2D eigenvalue weighted by Crippen LogP contribution is -2.32. The molecule has 1 saturated heterocycles. The summed E-state index contributed by atoms with van der Waals surface area (Å²) < 4.78 is 4.65. The summed E-state index contributed by atoms with van der Waals surface area (Å²) in [7, 11) is 1.31. The van der Waals surface area contributed by atoms with E-state index in [1.807, 2.05) is 4.90 Å². The Kier molecular flexibility index (Phi) is 6.37. The van der Waals surface area contributed by atoms with E-state index in [1.165, 1.54) is 7.11 Å². The first kappa shape index (κ1) is 19.5. The average molecular weight is 381 g/mol. The van der Waals surface area contributed by atoms with Gasteiger partial charge < -0.3 is 15.0 Å². The predicted octanol–water partition coefficient (Wildman–Crippen LogP) is 3.14. The first-order valence-electron chi connectivity index (χ1n) is 9.34. The maximum Gasteiger partial charge on any atom is 0.337 e. The van der Waals surface area contributed by atoms with Gasteiger partial charge >= 0.3 is 5.97 Å². The van der Waals surface area contributed by atoms with E-state index in [-0.39, 0.29) is 17.3 Å². The maximum atomic E-state index is 12.7. The summed E-state index contributed by atoms with van der Waals surface area (Å²) in [6.07, 6.45) is 4.25. The van der Waals surface area contributed by atoms with E-state index in [9.17, 15) is 14.4 Å². The van der Waals surface area contributed by atoms with Crippen LogP contribution >= 0.6 is 0 Å². The van der Waals surface area contributed by atoms with E-state index < -0.39 is 11.9 Å². The minimum atomic E-state index is -0.445. The van der Waals surface area contributed by atoms with Crippen LogP contribution in [0, 0.1) is 0 Å². The molecule has 1 aromatic carbocycles. The van der Waals surface area contributed by atoms with Crippen LogP contribution in [-0.2, 0) is 4.74 Å². The second-order valence-electron chi connectivity index (χ2n) is 6.64. The van der Waals surface area contributed by atoms with Gasteiger partial charge in [0.15, 0.2) is 0 Å². The van der Waals surface area contributed by atoms with Crippen LogP contribution in [0.4, 0.5) is 5.69 Å². The van der Waals surface area contributed by atoms with E-state index >= 15 is 0 Å². The summed E-state index contributed by atoms with van der Waals surface area (Å²) in [5.41, 5.74) is 1.35. The standard InChI is InChI=1S/C21H23N3O4/c1-28-21(27)15-9-11-16(12-10-15)22-19(25)17-7-6-8-18(23-17)20(26)24-13-4-2-3-5-14-24/h6-12H,2-5,13-14H2,1H3,(H,22,25). The third kappa shape index (κ3) is 4.73. The van der Waals surface area contributed by atoms with Crippen molar-refractivity contribution in [3.8, 4) is 0 Å². The molecule has 146 valence electrons. The number of benzene rings is 1. The van der Waals surface area contributed by atoms with Crippen molar-refractivity contribution >= 4 is 23.5 Å². The predicted molar refractivity (Wildman–Crippen MR) is 104 cm³/mol. The third-order valence-electron chi connectivity index (χ3n) is 4.66. The summed E-state index contributed by atoms with van der Waals surface area (Å²) in [5, 5.41) is 2.72. The topological polar surface area (TPSA) is 88.6 Å². The Bertz CT molecular complexity index is 856. The number of carbonyl (C=O) groups excluding carboxylic acids is 3. The molecule has 2 aromatic rings. The van der Waals surface area contributed by atoms with E-state index in [2.05, 4.69) is 15.0 Å². The van der Waals surface area contributed by atoms with E-state index in [0.717, 1.165) is 38.8 Å². The molecule has 7 heteroatoms. The number of nitrogens with zero attached hydrogens (tertiary/aromatic N) is 2. The molecule has 2 heterocycles. The number of nitrogens with one attached hydrogen (secondary N) is 1. The second-order valence-corrected chi connectivity index (χ2v) is 6.64. The van der Waals surface area contributed by atoms with Gasteiger partial charge in [0.1, 0.15) is 11.4 Å². The van der Waals surface area contributed by atoms with Crippen LogP contribution in [0.5, 0.6) is 0 Å². The zero-order valence-electron chi connectivity index (χ0n) is 15.8. The molecule has 7 nitrogen and oxygen atoms in total. The van der Waals surface area contributed by atoms with Gasteiger partial charge in [0, 0.05) is 18.8 Å². The van der Waals surface area contributed by atoms with E-state index in [4.69, 9.17) is 0 Å². The first-order valence-corrected chi connectivity index (χ1v) is 9.34. The highest BCUT2D eigenvalue weighted by Gasteiger charge is 2.20. The van der Waals surface area contributed by atoms with Crippen molar-refractivity contribution in [3.63, 3.8) is 0 Å². The van der Waals surface area contributed by atoms with Gasteiger partial charge in [-0.2, -0.15) is 0 Å². The van der Waals surface area contributed by atoms with Crippen molar-refractivity contribution in [1.29, 1.82) is 0 Å². The van der Waals surface area contributed by atoms with Gasteiger partial charge in [-0.3, -0.25) is 9.59 Å². The van der Waals surface area contributed by atoms with Crippen molar-refractivity contribution in [1.82, 2.24) is 9.88 Å². The lowest BCUT2D eigenvalue weighted by atomic mass is 10.2. The normalized spacial score (nSPS) is 14.1. The Labute approximate surface area is 163 Å². The minimum absolute atomic E-state index is 0.140. The fraction of sp³-hybridized carbons (Fsp3) is 0.333. The van der Waals surface area contributed by atoms with Gasteiger partial charge in [0.2, 0.25) is 0 Å². The fourth-order valence-corrected chi connectivity index (χ4v) is 3.12. The third-order valence-corrected chi connectivity index (χ3v) is 4.66. The second kappa shape index (κ2) is 9.12. The summed E-state index contributed by atoms with van der Waals surface area (Å²) in [6.45, 7) is 1.45. The van der Waals surface area contributed by atoms with Crippen LogP contribution < -0.4 is 5.32 Å². The number of carbonyl (C=O) groups is 3. The number of likely N-dealkylation sites (tertiary alicyclic amines) is 1. The largest absolute Gasteiger partial charge is 0.465 e. The van der Waals surface area contributed by atoms with Gasteiger partial charge in [0.05, 0.1) is 12.7 Å². The van der Waals surface area contributed by atoms with Crippen LogP contribution in [0.15, 0.2) is 42.5 Å². The SMILES string of the molecule is COC(=O)c1ccc(NC(=O)c2cccc(C(=O)N3CCCCCC3)n2)cc1. The van der Waals surface area contributed by atoms with Gasteiger partial charge in [-0.25, -0.2) is 9.78 Å². The first-order chi connectivity index (χ1) is 13.6. The van der Waals surface area contributed by atoms with Gasteiger partial charge in [-0.15, -0.1) is 0 Å². The van der Waals surface area contributed by atoms with Gasteiger partial charge in [-0.1, -0.05) is 18.9 Å². The number of methoxy groups -OCH3 is 1. The minimum Gasteiger partial charge on any atom is -0.465 e. The number of pyridine rings is 1. The fourth-order valence-electron chi connectivity index (χ4n) is 3.12. The number of hydrogen-bond donors (Lipinski definition) is 1. The molecule has 0 radical (unpaired) electrons. The average Bonchev–Trinajstić information content (AvgIpc) is 3.03. The molecule has 0 aliphatic carbocycles. The Hall–Kier alpha value is -3.22. The van der Waals surface area contributed by atoms with Gasteiger partial charge in [0.25, 0.3) is 11.8 Å². The summed E-state index contributed by atoms with van der Waals surface area (Å²) in [6, 6.07) is 11.2. The number of rotatable bonds is 4. The quantitative estimate of drug-likeness (QED) is 0.822. The smallest absolute Gasteiger partial charge is 0.337 e. The monoisotopic (exact) mass is 381 g/mol. The van der Waals surface area contributed by atoms with Crippen LogP contribution in [0.25, 0.3) is 0 Å². The molecule has 2 amide bonds. The number of amides is 2. The van der Waals surface area contributed by atoms with Crippen LogP contribution in [0.1, 0.15) is 57.0 Å². The van der Waals surface area contributed by atoms with E-state index in [1.54, 1.807) is 42.5 Å². The van der Waals surface area contributed by atoms with Crippen molar-refractivity contribution < 1.29 is 19.1 Å². The molecule has 1 aliphatic rings. The lowest BCUT2D eigenvalue weighted by molar-refractivity contribution is 0.0600. The molecule has 1 fully saturated rings. The molecule has 0 spiro atoms. The van der Waals surface area contributed by atoms with Crippen molar-refractivity contribution in [2.75, 3.05) is 25.5 Å². The summed E-state index contributed by atoms with van der Waals surface area (Å²) in [4.78, 5) is 42.7. The Balaban J connectivity index is 1.69. The number of anilines is 1. The number of hydrogen-bond acceptors (Lipinski definition) is 5. The van der Waals surface area contributed by atoms with Crippen LogP contribution in [0.2, 0.25) is 0 Å². The molecule has 0 atom stereocenters. The molecule has 1 aromatic heterocycles. The van der Waals surface area contributed by atoms with Crippen LogP contribution in [-0.4, -0.2) is 47.9 Å². The molecule has 1 N–H and O–H groups in total. The number of aromatic nitrogens is 1. The highest BCUT2D eigenvalue weighted by molar-refractivity contribution is 6.04. The Morgan fingerprint density at radius 2 is 1.57 bits per heavy atom. The molecule has 1 aliphatic heterocycles. The highest BCUT2D eigenvalue weighted by atomic mass is 16.5. The molecule has 0 unspecified atom stereocenters. The molecule has 3 rings (SSSR count). The Morgan fingerprint density at radius 1 is 0.929 bits per heavy atom. The summed E-state index contributed by atoms with van der Waals surface area (Å²) >= 11 is 0. The molecular weight excluding hydrogens is 358 g/mol. The highest BCUT2D eigenvalue weighted by Crippen LogP contribution is 2.14.